The van der Waals surface area contributed by atoms with E-state index in [0.717, 1.165) is 30.3 Å². The number of aromatic nitrogens is 2. The highest BCUT2D eigenvalue weighted by molar-refractivity contribution is 7.92. The van der Waals surface area contributed by atoms with Gasteiger partial charge in [-0.3, -0.25) is 4.72 Å². The Balaban J connectivity index is 1.49. The molecular weight excluding hydrogens is 462 g/mol. The number of hydrogen-bond acceptors (Lipinski definition) is 7. The summed E-state index contributed by atoms with van der Waals surface area (Å²) in [5.74, 6) is 1.64. The van der Waals surface area contributed by atoms with Crippen LogP contribution in [-0.2, 0) is 10.0 Å². The van der Waals surface area contributed by atoms with Crippen molar-refractivity contribution in [2.75, 3.05) is 35.1 Å². The zero-order valence-electron chi connectivity index (χ0n) is 18.5. The molecule has 2 N–H and O–H groups in total. The van der Waals surface area contributed by atoms with Gasteiger partial charge in [-0.1, -0.05) is 11.6 Å². The number of nitrogens with zero attached hydrogens (tertiary/aromatic N) is 3. The molecule has 10 heteroatoms. The van der Waals surface area contributed by atoms with Gasteiger partial charge in [0.15, 0.2) is 0 Å². The van der Waals surface area contributed by atoms with Crippen LogP contribution in [0, 0.1) is 6.92 Å². The van der Waals surface area contributed by atoms with E-state index in [1.807, 2.05) is 13.0 Å². The molecule has 0 atom stereocenters. The molecule has 0 amide bonds. The fourth-order valence-corrected chi connectivity index (χ4v) is 5.21. The molecule has 0 aliphatic carbocycles. The van der Waals surface area contributed by atoms with Crippen LogP contribution in [0.15, 0.2) is 53.4 Å². The highest BCUT2D eigenvalue weighted by Crippen LogP contribution is 2.29. The summed E-state index contributed by atoms with van der Waals surface area (Å²) in [6.45, 7) is 3.95. The van der Waals surface area contributed by atoms with Crippen LogP contribution in [0.2, 0.25) is 5.02 Å². The number of nitrogens with one attached hydrogen (secondary N) is 2. The average molecular weight is 488 g/mol. The van der Waals surface area contributed by atoms with Crippen molar-refractivity contribution in [2.45, 2.75) is 31.1 Å². The number of benzene rings is 2. The highest BCUT2D eigenvalue weighted by atomic mass is 35.5. The van der Waals surface area contributed by atoms with E-state index >= 15 is 0 Å². The van der Waals surface area contributed by atoms with E-state index in [9.17, 15) is 8.42 Å². The van der Waals surface area contributed by atoms with Crippen LogP contribution in [0.4, 0.5) is 23.1 Å². The predicted octanol–water partition coefficient (Wildman–Crippen LogP) is 4.98. The van der Waals surface area contributed by atoms with E-state index in [2.05, 4.69) is 24.9 Å². The zero-order chi connectivity index (χ0) is 23.4. The van der Waals surface area contributed by atoms with E-state index < -0.39 is 10.0 Å². The molecule has 174 valence electrons. The Morgan fingerprint density at radius 2 is 1.67 bits per heavy atom. The first-order valence-electron chi connectivity index (χ1n) is 10.7. The smallest absolute Gasteiger partial charge is 0.265 e. The van der Waals surface area contributed by atoms with Gasteiger partial charge in [-0.05, 0) is 68.7 Å². The third-order valence-corrected chi connectivity index (χ3v) is 6.97. The summed E-state index contributed by atoms with van der Waals surface area (Å²) in [7, 11) is -2.47. The first-order valence-corrected chi connectivity index (χ1v) is 12.5. The molecule has 0 spiro atoms. The molecule has 0 saturated carbocycles. The Kier molecular flexibility index (Phi) is 6.90. The summed E-state index contributed by atoms with van der Waals surface area (Å²) in [4.78, 5) is 11.4. The van der Waals surface area contributed by atoms with Gasteiger partial charge in [-0.15, -0.1) is 0 Å². The van der Waals surface area contributed by atoms with Gasteiger partial charge in [0.2, 0.25) is 5.95 Å². The van der Waals surface area contributed by atoms with Crippen LogP contribution in [-0.4, -0.2) is 38.6 Å². The Bertz CT molecular complexity index is 1230. The fourth-order valence-electron chi connectivity index (χ4n) is 3.71. The first kappa shape index (κ1) is 23.1. The number of methoxy groups -OCH3 is 1. The topological polar surface area (TPSA) is 96.5 Å². The van der Waals surface area contributed by atoms with Gasteiger partial charge in [-0.2, -0.15) is 4.98 Å². The lowest BCUT2D eigenvalue weighted by atomic mass is 10.1. The molecule has 1 fully saturated rings. The van der Waals surface area contributed by atoms with Crippen molar-refractivity contribution in [1.29, 1.82) is 0 Å². The van der Waals surface area contributed by atoms with Crippen molar-refractivity contribution in [1.82, 2.24) is 9.97 Å². The number of aryl methyl sites for hydroxylation is 1. The molecule has 1 aliphatic rings. The Morgan fingerprint density at radius 3 is 2.36 bits per heavy atom. The lowest BCUT2D eigenvalue weighted by Gasteiger charge is -2.28. The summed E-state index contributed by atoms with van der Waals surface area (Å²) in [6.07, 6.45) is 3.60. The van der Waals surface area contributed by atoms with Crippen molar-refractivity contribution in [3.63, 3.8) is 0 Å². The second-order valence-electron chi connectivity index (χ2n) is 7.84. The summed E-state index contributed by atoms with van der Waals surface area (Å²) in [5.41, 5.74) is 2.03. The maximum Gasteiger partial charge on any atom is 0.265 e. The van der Waals surface area contributed by atoms with E-state index in [1.54, 1.807) is 30.3 Å². The normalized spacial score (nSPS) is 14.1. The SMILES string of the molecule is COc1ccc(Cl)cc1S(=O)(=O)Nc1ccc(Nc2nc(C)cc(N3CCCCC3)n2)cc1. The van der Waals surface area contributed by atoms with E-state index in [4.69, 9.17) is 16.3 Å². The minimum atomic E-state index is -3.88. The van der Waals surface area contributed by atoms with Crippen LogP contribution in [0.5, 0.6) is 5.75 Å². The quantitative estimate of drug-likeness (QED) is 0.485. The van der Waals surface area contributed by atoms with Crippen molar-refractivity contribution >= 4 is 44.8 Å². The molecule has 1 aliphatic heterocycles. The lowest BCUT2D eigenvalue weighted by molar-refractivity contribution is 0.403. The van der Waals surface area contributed by atoms with Gasteiger partial charge < -0.3 is 15.0 Å². The molecule has 33 heavy (non-hydrogen) atoms. The molecular formula is C23H26ClN5O3S. The van der Waals surface area contributed by atoms with E-state index in [0.29, 0.717) is 16.7 Å². The lowest BCUT2D eigenvalue weighted by Crippen LogP contribution is -2.30. The summed E-state index contributed by atoms with van der Waals surface area (Å²) < 4.78 is 33.4. The third kappa shape index (κ3) is 5.66. The molecule has 3 aromatic rings. The Morgan fingerprint density at radius 1 is 0.970 bits per heavy atom. The molecule has 0 radical (unpaired) electrons. The Labute approximate surface area is 199 Å². The first-order chi connectivity index (χ1) is 15.8. The zero-order valence-corrected chi connectivity index (χ0v) is 20.1. The molecule has 0 bridgehead atoms. The minimum absolute atomic E-state index is 0.0295. The molecule has 4 rings (SSSR count). The van der Waals surface area contributed by atoms with Crippen molar-refractivity contribution in [3.8, 4) is 5.75 Å². The second-order valence-corrected chi connectivity index (χ2v) is 9.93. The van der Waals surface area contributed by atoms with E-state index in [-0.39, 0.29) is 10.6 Å². The highest BCUT2D eigenvalue weighted by Gasteiger charge is 2.20. The van der Waals surface area contributed by atoms with Crippen molar-refractivity contribution in [3.05, 3.63) is 59.2 Å². The van der Waals surface area contributed by atoms with Crippen LogP contribution in [0.1, 0.15) is 25.0 Å². The fraction of sp³-hybridized carbons (Fsp3) is 0.304. The van der Waals surface area contributed by atoms with Gasteiger partial charge in [0.05, 0.1) is 7.11 Å². The van der Waals surface area contributed by atoms with Gasteiger partial charge in [0.1, 0.15) is 16.5 Å². The number of hydrogen-bond donors (Lipinski definition) is 2. The molecule has 2 aromatic carbocycles. The number of anilines is 4. The van der Waals surface area contributed by atoms with Crippen LogP contribution in [0.3, 0.4) is 0 Å². The number of sulfonamides is 1. The van der Waals surface area contributed by atoms with Gasteiger partial charge >= 0.3 is 0 Å². The standard InChI is InChI=1S/C23H26ClN5O3S/c1-16-14-22(29-12-4-3-5-13-29)27-23(25-16)26-18-7-9-19(10-8-18)28-33(30,31)21-15-17(24)6-11-20(21)32-2/h6-11,14-15,28H,3-5,12-13H2,1-2H3,(H,25,26,27). The second kappa shape index (κ2) is 9.84. The van der Waals surface area contributed by atoms with Crippen LogP contribution < -0.4 is 19.7 Å². The third-order valence-electron chi connectivity index (χ3n) is 5.33. The maximum absolute atomic E-state index is 12.8. The summed E-state index contributed by atoms with van der Waals surface area (Å²) in [5, 5.41) is 3.51. The van der Waals surface area contributed by atoms with Crippen molar-refractivity contribution in [2.24, 2.45) is 0 Å². The monoisotopic (exact) mass is 487 g/mol. The van der Waals surface area contributed by atoms with Crippen molar-refractivity contribution < 1.29 is 13.2 Å². The summed E-state index contributed by atoms with van der Waals surface area (Å²) >= 11 is 5.98. The molecule has 0 unspecified atom stereocenters. The molecule has 1 saturated heterocycles. The Hall–Kier alpha value is -3.04. The number of halogens is 1. The van der Waals surface area contributed by atoms with Gasteiger partial charge in [-0.25, -0.2) is 13.4 Å². The number of piperidine rings is 1. The molecule has 1 aromatic heterocycles. The maximum atomic E-state index is 12.8. The largest absolute Gasteiger partial charge is 0.495 e. The minimum Gasteiger partial charge on any atom is -0.495 e. The molecule has 8 nitrogen and oxygen atoms in total. The van der Waals surface area contributed by atoms with E-state index in [1.165, 1.54) is 38.5 Å². The van der Waals surface area contributed by atoms with Gasteiger partial charge in [0.25, 0.3) is 10.0 Å². The van der Waals surface area contributed by atoms with Crippen LogP contribution in [0.25, 0.3) is 0 Å². The molecule has 2 heterocycles. The summed E-state index contributed by atoms with van der Waals surface area (Å²) in [6, 6.07) is 13.3. The predicted molar refractivity (Wildman–Crippen MR) is 131 cm³/mol. The number of ether oxygens (including phenoxy) is 1. The number of rotatable bonds is 7. The average Bonchev–Trinajstić information content (AvgIpc) is 2.80. The van der Waals surface area contributed by atoms with Crippen LogP contribution >= 0.6 is 11.6 Å². The van der Waals surface area contributed by atoms with Gasteiger partial charge in [0, 0.05) is 41.2 Å².